The number of amides is 1. The highest BCUT2D eigenvalue weighted by Crippen LogP contribution is 2.18. The van der Waals surface area contributed by atoms with Crippen molar-refractivity contribution in [1.82, 2.24) is 14.6 Å². The summed E-state index contributed by atoms with van der Waals surface area (Å²) in [5, 5.41) is 7.08. The van der Waals surface area contributed by atoms with E-state index < -0.39 is 0 Å². The predicted octanol–water partition coefficient (Wildman–Crippen LogP) is 3.36. The Morgan fingerprint density at radius 2 is 2.10 bits per heavy atom. The van der Waals surface area contributed by atoms with Crippen molar-refractivity contribution < 1.29 is 4.79 Å². The molecule has 1 N–H and O–H groups in total. The SMILES string of the molecule is Cc1cc(C)n2ncc(C(=O)Nc3cccc(Br)c3)c2n1. The van der Waals surface area contributed by atoms with E-state index in [9.17, 15) is 4.79 Å². The van der Waals surface area contributed by atoms with Gasteiger partial charge in [-0.2, -0.15) is 5.10 Å². The molecule has 1 aromatic carbocycles. The number of aryl methyl sites for hydroxylation is 2. The molecule has 0 bridgehead atoms. The molecule has 0 spiro atoms. The van der Waals surface area contributed by atoms with Gasteiger partial charge >= 0.3 is 0 Å². The quantitative estimate of drug-likeness (QED) is 0.775. The van der Waals surface area contributed by atoms with E-state index in [1.165, 1.54) is 0 Å². The molecular weight excluding hydrogens is 332 g/mol. The number of fused-ring (bicyclic) bond motifs is 1. The zero-order valence-electron chi connectivity index (χ0n) is 11.6. The predicted molar refractivity (Wildman–Crippen MR) is 84.6 cm³/mol. The number of hydrogen-bond donors (Lipinski definition) is 1. The molecule has 106 valence electrons. The van der Waals surface area contributed by atoms with Gasteiger partial charge in [0.25, 0.3) is 5.91 Å². The fourth-order valence-electron chi connectivity index (χ4n) is 2.20. The Morgan fingerprint density at radius 1 is 1.29 bits per heavy atom. The van der Waals surface area contributed by atoms with Gasteiger partial charge in [0.2, 0.25) is 0 Å². The highest BCUT2D eigenvalue weighted by atomic mass is 79.9. The largest absolute Gasteiger partial charge is 0.322 e. The van der Waals surface area contributed by atoms with Gasteiger partial charge in [0.15, 0.2) is 5.65 Å². The molecule has 0 saturated carbocycles. The van der Waals surface area contributed by atoms with Gasteiger partial charge in [0.1, 0.15) is 5.56 Å². The lowest BCUT2D eigenvalue weighted by Crippen LogP contribution is -2.12. The summed E-state index contributed by atoms with van der Waals surface area (Å²) < 4.78 is 2.58. The van der Waals surface area contributed by atoms with Crippen LogP contribution in [0.4, 0.5) is 5.69 Å². The smallest absolute Gasteiger partial charge is 0.261 e. The van der Waals surface area contributed by atoms with Crippen molar-refractivity contribution in [3.63, 3.8) is 0 Å². The molecule has 0 aliphatic carbocycles. The Balaban J connectivity index is 1.99. The number of hydrogen-bond acceptors (Lipinski definition) is 3. The van der Waals surface area contributed by atoms with Gasteiger partial charge in [-0.15, -0.1) is 0 Å². The molecule has 21 heavy (non-hydrogen) atoms. The Hall–Kier alpha value is -2.21. The lowest BCUT2D eigenvalue weighted by molar-refractivity contribution is 0.102. The van der Waals surface area contributed by atoms with Crippen LogP contribution in [-0.2, 0) is 0 Å². The van der Waals surface area contributed by atoms with Crippen LogP contribution in [0, 0.1) is 13.8 Å². The van der Waals surface area contributed by atoms with Gasteiger partial charge < -0.3 is 5.32 Å². The number of carbonyl (C=O) groups excluding carboxylic acids is 1. The summed E-state index contributed by atoms with van der Waals surface area (Å²) in [6.07, 6.45) is 1.54. The number of aromatic nitrogens is 3. The lowest BCUT2D eigenvalue weighted by Gasteiger charge is -2.05. The molecule has 2 aromatic heterocycles. The summed E-state index contributed by atoms with van der Waals surface area (Å²) >= 11 is 3.38. The molecule has 3 rings (SSSR count). The van der Waals surface area contributed by atoms with Crippen molar-refractivity contribution in [3.8, 4) is 0 Å². The van der Waals surface area contributed by atoms with E-state index in [2.05, 4.69) is 31.3 Å². The lowest BCUT2D eigenvalue weighted by atomic mass is 10.2. The fourth-order valence-corrected chi connectivity index (χ4v) is 2.59. The average molecular weight is 345 g/mol. The molecule has 6 heteroatoms. The number of nitrogens with zero attached hydrogens (tertiary/aromatic N) is 3. The van der Waals surface area contributed by atoms with Crippen molar-refractivity contribution >= 4 is 33.2 Å². The summed E-state index contributed by atoms with van der Waals surface area (Å²) in [5.41, 5.74) is 3.55. The summed E-state index contributed by atoms with van der Waals surface area (Å²) in [6.45, 7) is 3.83. The Bertz CT molecular complexity index is 841. The van der Waals surface area contributed by atoms with Crippen molar-refractivity contribution in [3.05, 3.63) is 58.0 Å². The number of carbonyl (C=O) groups is 1. The van der Waals surface area contributed by atoms with Crippen LogP contribution in [-0.4, -0.2) is 20.5 Å². The molecule has 3 aromatic rings. The van der Waals surface area contributed by atoms with E-state index in [0.717, 1.165) is 21.5 Å². The van der Waals surface area contributed by atoms with Crippen LogP contribution >= 0.6 is 15.9 Å². The Morgan fingerprint density at radius 3 is 2.86 bits per heavy atom. The van der Waals surface area contributed by atoms with E-state index in [1.807, 2.05) is 44.2 Å². The maximum Gasteiger partial charge on any atom is 0.261 e. The zero-order valence-corrected chi connectivity index (χ0v) is 13.2. The maximum atomic E-state index is 12.4. The number of nitrogens with one attached hydrogen (secondary N) is 1. The van der Waals surface area contributed by atoms with Crippen LogP contribution < -0.4 is 5.32 Å². The van der Waals surface area contributed by atoms with Crippen molar-refractivity contribution in [2.45, 2.75) is 13.8 Å². The maximum absolute atomic E-state index is 12.4. The standard InChI is InChI=1S/C15H13BrN4O/c1-9-6-10(2)20-14(18-9)13(8-17-20)15(21)19-12-5-3-4-11(16)7-12/h3-8H,1-2H3,(H,19,21). The van der Waals surface area contributed by atoms with Crippen LogP contribution in [0.25, 0.3) is 5.65 Å². The first kappa shape index (κ1) is 13.8. The minimum atomic E-state index is -0.222. The first-order valence-electron chi connectivity index (χ1n) is 6.43. The van der Waals surface area contributed by atoms with E-state index in [4.69, 9.17) is 0 Å². The van der Waals surface area contributed by atoms with E-state index in [0.29, 0.717) is 11.2 Å². The van der Waals surface area contributed by atoms with Crippen molar-refractivity contribution in [2.24, 2.45) is 0 Å². The summed E-state index contributed by atoms with van der Waals surface area (Å²) in [7, 11) is 0. The molecule has 5 nitrogen and oxygen atoms in total. The summed E-state index contributed by atoms with van der Waals surface area (Å²) in [6, 6.07) is 9.36. The summed E-state index contributed by atoms with van der Waals surface area (Å²) in [5.74, 6) is -0.222. The molecule has 0 fully saturated rings. The molecule has 0 saturated heterocycles. The fraction of sp³-hybridized carbons (Fsp3) is 0.133. The van der Waals surface area contributed by atoms with Crippen LogP contribution in [0.5, 0.6) is 0 Å². The van der Waals surface area contributed by atoms with Gasteiger partial charge in [0.05, 0.1) is 6.20 Å². The zero-order chi connectivity index (χ0) is 15.0. The van der Waals surface area contributed by atoms with Gasteiger partial charge in [-0.3, -0.25) is 4.79 Å². The van der Waals surface area contributed by atoms with Gasteiger partial charge in [-0.25, -0.2) is 9.50 Å². The first-order valence-corrected chi connectivity index (χ1v) is 7.23. The van der Waals surface area contributed by atoms with Crippen molar-refractivity contribution in [2.75, 3.05) is 5.32 Å². The monoisotopic (exact) mass is 344 g/mol. The van der Waals surface area contributed by atoms with Gasteiger partial charge in [-0.05, 0) is 38.1 Å². The highest BCUT2D eigenvalue weighted by molar-refractivity contribution is 9.10. The van der Waals surface area contributed by atoms with Crippen molar-refractivity contribution in [1.29, 1.82) is 0 Å². The third-order valence-electron chi connectivity index (χ3n) is 3.11. The highest BCUT2D eigenvalue weighted by Gasteiger charge is 2.15. The minimum Gasteiger partial charge on any atom is -0.322 e. The number of halogens is 1. The first-order chi connectivity index (χ1) is 10.0. The van der Waals surface area contributed by atoms with Crippen LogP contribution in [0.2, 0.25) is 0 Å². The molecule has 0 radical (unpaired) electrons. The molecule has 2 heterocycles. The molecular formula is C15H13BrN4O. The Kier molecular flexibility index (Phi) is 3.47. The molecule has 0 atom stereocenters. The van der Waals surface area contributed by atoms with Gasteiger partial charge in [0, 0.05) is 21.5 Å². The van der Waals surface area contributed by atoms with Crippen LogP contribution in [0.3, 0.4) is 0 Å². The van der Waals surface area contributed by atoms with Crippen LogP contribution in [0.15, 0.2) is 41.0 Å². The van der Waals surface area contributed by atoms with Gasteiger partial charge in [-0.1, -0.05) is 22.0 Å². The van der Waals surface area contributed by atoms with Crippen LogP contribution in [0.1, 0.15) is 21.7 Å². The number of benzene rings is 1. The normalized spacial score (nSPS) is 10.8. The number of anilines is 1. The van der Waals surface area contributed by atoms with E-state index in [1.54, 1.807) is 10.7 Å². The molecule has 0 unspecified atom stereocenters. The Labute approximate surface area is 130 Å². The second-order valence-electron chi connectivity index (χ2n) is 4.80. The second kappa shape index (κ2) is 5.29. The topological polar surface area (TPSA) is 59.3 Å². The van der Waals surface area contributed by atoms with E-state index in [-0.39, 0.29) is 5.91 Å². The average Bonchev–Trinajstić information content (AvgIpc) is 2.82. The molecule has 1 amide bonds. The molecule has 0 aliphatic rings. The number of rotatable bonds is 2. The molecule has 0 aliphatic heterocycles. The summed E-state index contributed by atoms with van der Waals surface area (Å²) in [4.78, 5) is 16.8. The third kappa shape index (κ3) is 2.67. The third-order valence-corrected chi connectivity index (χ3v) is 3.60. The van der Waals surface area contributed by atoms with E-state index >= 15 is 0 Å². The second-order valence-corrected chi connectivity index (χ2v) is 5.71. The minimum absolute atomic E-state index is 0.222.